The minimum absolute atomic E-state index is 0.0374. The van der Waals surface area contributed by atoms with Crippen molar-refractivity contribution in [3.8, 4) is 11.5 Å². The van der Waals surface area contributed by atoms with E-state index in [0.717, 1.165) is 4.31 Å². The SMILES string of the molecule is CCNC(=O)C(C)N(Cc1cccc(Cl)c1)C(=O)CN(c1ccc2c(c1)OCO2)S(=O)(=O)CC. The molecule has 1 unspecified atom stereocenters. The van der Waals surface area contributed by atoms with Gasteiger partial charge in [-0.1, -0.05) is 23.7 Å². The number of carbonyl (C=O) groups is 2. The molecule has 0 aromatic heterocycles. The molecule has 34 heavy (non-hydrogen) atoms. The fourth-order valence-corrected chi connectivity index (χ4v) is 4.76. The summed E-state index contributed by atoms with van der Waals surface area (Å²) in [6.45, 7) is 4.92. The van der Waals surface area contributed by atoms with Gasteiger partial charge in [-0.2, -0.15) is 0 Å². The molecule has 1 aliphatic heterocycles. The summed E-state index contributed by atoms with van der Waals surface area (Å²) in [6, 6.07) is 10.8. The van der Waals surface area contributed by atoms with Crippen LogP contribution in [-0.4, -0.2) is 56.8 Å². The topological polar surface area (TPSA) is 105 Å². The lowest BCUT2D eigenvalue weighted by Crippen LogP contribution is -2.51. The van der Waals surface area contributed by atoms with E-state index >= 15 is 0 Å². The van der Waals surface area contributed by atoms with Gasteiger partial charge < -0.3 is 19.7 Å². The summed E-state index contributed by atoms with van der Waals surface area (Å²) in [5, 5.41) is 3.20. The Bertz CT molecular complexity index is 1160. The third-order valence-corrected chi connectivity index (χ3v) is 7.36. The highest BCUT2D eigenvalue weighted by Gasteiger charge is 2.31. The molecular formula is C23H28ClN3O6S. The van der Waals surface area contributed by atoms with E-state index in [1.165, 1.54) is 17.9 Å². The Kier molecular flexibility index (Phi) is 8.27. The van der Waals surface area contributed by atoms with Gasteiger partial charge in [-0.25, -0.2) is 8.42 Å². The molecule has 0 bridgehead atoms. The Morgan fingerprint density at radius 3 is 2.53 bits per heavy atom. The van der Waals surface area contributed by atoms with Crippen molar-refractivity contribution in [3.05, 3.63) is 53.1 Å². The molecule has 0 aliphatic carbocycles. The number of fused-ring (bicyclic) bond motifs is 1. The van der Waals surface area contributed by atoms with Crippen LogP contribution in [0.1, 0.15) is 26.3 Å². The summed E-state index contributed by atoms with van der Waals surface area (Å²) in [4.78, 5) is 27.5. The maximum Gasteiger partial charge on any atom is 0.244 e. The number of benzene rings is 2. The summed E-state index contributed by atoms with van der Waals surface area (Å²) in [7, 11) is -3.83. The van der Waals surface area contributed by atoms with Crippen molar-refractivity contribution < 1.29 is 27.5 Å². The monoisotopic (exact) mass is 509 g/mol. The smallest absolute Gasteiger partial charge is 0.244 e. The first-order valence-corrected chi connectivity index (χ1v) is 12.9. The largest absolute Gasteiger partial charge is 0.454 e. The van der Waals surface area contributed by atoms with Gasteiger partial charge in [0.15, 0.2) is 11.5 Å². The molecule has 0 radical (unpaired) electrons. The summed E-state index contributed by atoms with van der Waals surface area (Å²) in [5.74, 6) is -0.196. The second kappa shape index (κ2) is 11.0. The van der Waals surface area contributed by atoms with Crippen LogP contribution in [0, 0.1) is 0 Å². The highest BCUT2D eigenvalue weighted by molar-refractivity contribution is 7.92. The van der Waals surface area contributed by atoms with E-state index < -0.39 is 28.5 Å². The van der Waals surface area contributed by atoms with Crippen molar-refractivity contribution in [2.75, 3.05) is 29.9 Å². The summed E-state index contributed by atoms with van der Waals surface area (Å²) < 4.78 is 37.6. The van der Waals surface area contributed by atoms with Gasteiger partial charge in [-0.3, -0.25) is 13.9 Å². The molecule has 0 spiro atoms. The summed E-state index contributed by atoms with van der Waals surface area (Å²) in [6.07, 6.45) is 0. The maximum atomic E-state index is 13.5. The van der Waals surface area contributed by atoms with E-state index in [1.807, 2.05) is 0 Å². The van der Waals surface area contributed by atoms with Gasteiger partial charge in [0, 0.05) is 24.2 Å². The molecule has 2 aromatic rings. The lowest BCUT2D eigenvalue weighted by Gasteiger charge is -2.31. The van der Waals surface area contributed by atoms with Crippen LogP contribution in [0.3, 0.4) is 0 Å². The molecule has 1 heterocycles. The van der Waals surface area contributed by atoms with E-state index in [9.17, 15) is 18.0 Å². The Balaban J connectivity index is 1.94. The summed E-state index contributed by atoms with van der Waals surface area (Å²) >= 11 is 6.10. The first-order valence-electron chi connectivity index (χ1n) is 10.9. The molecule has 0 saturated carbocycles. The molecule has 1 aliphatic rings. The number of sulfonamides is 1. The Hall–Kier alpha value is -2.98. The van der Waals surface area contributed by atoms with E-state index in [0.29, 0.717) is 28.6 Å². The number of ether oxygens (including phenoxy) is 2. The first kappa shape index (κ1) is 25.6. The number of carbonyl (C=O) groups excluding carboxylic acids is 2. The minimum Gasteiger partial charge on any atom is -0.454 e. The van der Waals surface area contributed by atoms with Crippen LogP contribution in [0.25, 0.3) is 0 Å². The van der Waals surface area contributed by atoms with Crippen LogP contribution < -0.4 is 19.1 Å². The predicted molar refractivity (Wildman–Crippen MR) is 130 cm³/mol. The first-order chi connectivity index (χ1) is 16.2. The molecule has 1 atom stereocenters. The molecule has 184 valence electrons. The van der Waals surface area contributed by atoms with Gasteiger partial charge >= 0.3 is 0 Å². The van der Waals surface area contributed by atoms with E-state index in [4.69, 9.17) is 21.1 Å². The zero-order valence-electron chi connectivity index (χ0n) is 19.3. The van der Waals surface area contributed by atoms with Crippen LogP contribution in [0.15, 0.2) is 42.5 Å². The molecule has 11 heteroatoms. The lowest BCUT2D eigenvalue weighted by molar-refractivity contribution is -0.139. The average Bonchev–Trinajstić information content (AvgIpc) is 3.28. The quantitative estimate of drug-likeness (QED) is 0.528. The Morgan fingerprint density at radius 2 is 1.85 bits per heavy atom. The lowest BCUT2D eigenvalue weighted by atomic mass is 10.1. The Morgan fingerprint density at radius 1 is 1.12 bits per heavy atom. The highest BCUT2D eigenvalue weighted by atomic mass is 35.5. The maximum absolute atomic E-state index is 13.5. The van der Waals surface area contributed by atoms with Gasteiger partial charge in [0.25, 0.3) is 0 Å². The van der Waals surface area contributed by atoms with E-state index in [-0.39, 0.29) is 30.7 Å². The molecule has 2 amide bonds. The number of hydrogen-bond acceptors (Lipinski definition) is 6. The van der Waals surface area contributed by atoms with Gasteiger partial charge in [0.05, 0.1) is 11.4 Å². The third-order valence-electron chi connectivity index (χ3n) is 5.38. The van der Waals surface area contributed by atoms with Crippen molar-refractivity contribution >= 4 is 39.1 Å². The van der Waals surface area contributed by atoms with Crippen LogP contribution in [0.2, 0.25) is 5.02 Å². The van der Waals surface area contributed by atoms with Gasteiger partial charge in [-0.05, 0) is 50.6 Å². The fraction of sp³-hybridized carbons (Fsp3) is 0.391. The molecule has 2 aromatic carbocycles. The van der Waals surface area contributed by atoms with Crippen molar-refractivity contribution in [2.24, 2.45) is 0 Å². The van der Waals surface area contributed by atoms with Crippen molar-refractivity contribution in [1.82, 2.24) is 10.2 Å². The normalized spacial score (nSPS) is 13.3. The standard InChI is InChI=1S/C23H28ClN3O6S/c1-4-25-23(29)16(3)26(13-17-7-6-8-18(24)11-17)22(28)14-27(34(30,31)5-2)19-9-10-20-21(12-19)33-15-32-20/h6-12,16H,4-5,13-15H2,1-3H3,(H,25,29). The number of amides is 2. The van der Waals surface area contributed by atoms with Crippen LogP contribution in [0.5, 0.6) is 11.5 Å². The third kappa shape index (κ3) is 5.92. The Labute approximate surface area is 204 Å². The second-order valence-corrected chi connectivity index (χ2v) is 10.3. The zero-order chi connectivity index (χ0) is 24.9. The molecule has 0 fully saturated rings. The van der Waals surface area contributed by atoms with Gasteiger partial charge in [0.2, 0.25) is 28.6 Å². The van der Waals surface area contributed by atoms with Crippen molar-refractivity contribution in [2.45, 2.75) is 33.4 Å². The van der Waals surface area contributed by atoms with Gasteiger partial charge in [-0.15, -0.1) is 0 Å². The molecule has 3 rings (SSSR count). The summed E-state index contributed by atoms with van der Waals surface area (Å²) in [5.41, 5.74) is 0.984. The molecule has 0 saturated heterocycles. The fourth-order valence-electron chi connectivity index (χ4n) is 3.50. The number of likely N-dealkylation sites (N-methyl/N-ethyl adjacent to an activating group) is 1. The molecule has 1 N–H and O–H groups in total. The minimum atomic E-state index is -3.83. The molecular weight excluding hydrogens is 482 g/mol. The average molecular weight is 510 g/mol. The van der Waals surface area contributed by atoms with Crippen molar-refractivity contribution in [1.29, 1.82) is 0 Å². The van der Waals surface area contributed by atoms with Crippen LogP contribution in [0.4, 0.5) is 5.69 Å². The van der Waals surface area contributed by atoms with Crippen LogP contribution >= 0.6 is 11.6 Å². The highest BCUT2D eigenvalue weighted by Crippen LogP contribution is 2.36. The van der Waals surface area contributed by atoms with Crippen LogP contribution in [-0.2, 0) is 26.2 Å². The number of halogens is 1. The van der Waals surface area contributed by atoms with Crippen molar-refractivity contribution in [3.63, 3.8) is 0 Å². The second-order valence-electron chi connectivity index (χ2n) is 7.67. The van der Waals surface area contributed by atoms with E-state index in [2.05, 4.69) is 5.32 Å². The number of nitrogens with zero attached hydrogens (tertiary/aromatic N) is 2. The predicted octanol–water partition coefficient (Wildman–Crippen LogP) is 2.78. The van der Waals surface area contributed by atoms with Gasteiger partial charge in [0.1, 0.15) is 12.6 Å². The van der Waals surface area contributed by atoms with E-state index in [1.54, 1.807) is 50.2 Å². The number of rotatable bonds is 10. The number of nitrogens with one attached hydrogen (secondary N) is 1. The number of anilines is 1. The number of hydrogen-bond donors (Lipinski definition) is 1. The molecule has 9 nitrogen and oxygen atoms in total. The zero-order valence-corrected chi connectivity index (χ0v) is 20.9.